The molecule has 0 unspecified atom stereocenters. The number of ether oxygens (including phenoxy) is 2. The van der Waals surface area contributed by atoms with Crippen LogP contribution in [0.3, 0.4) is 0 Å². The standard InChI is InChI=1S/C21H33NO3S/c1-6-7-13-26-20-14-17(2)21(18(3)15-20)25-12-10-8-9-11-24-16-19(4)22-23-5/h6-7,14-15H,8-13,16H2,1-5H3/b7-6+,22-19+. The van der Waals surface area contributed by atoms with Crippen molar-refractivity contribution in [3.63, 3.8) is 0 Å². The molecule has 0 aliphatic heterocycles. The third-order valence-corrected chi connectivity index (χ3v) is 4.68. The zero-order valence-electron chi connectivity index (χ0n) is 16.8. The normalized spacial score (nSPS) is 12.0. The minimum Gasteiger partial charge on any atom is -0.493 e. The summed E-state index contributed by atoms with van der Waals surface area (Å²) in [7, 11) is 1.54. The predicted molar refractivity (Wildman–Crippen MR) is 112 cm³/mol. The molecule has 0 saturated heterocycles. The van der Waals surface area contributed by atoms with Gasteiger partial charge in [0.1, 0.15) is 12.9 Å². The van der Waals surface area contributed by atoms with Crippen LogP contribution in [0, 0.1) is 13.8 Å². The summed E-state index contributed by atoms with van der Waals surface area (Å²) in [5.74, 6) is 2.04. The summed E-state index contributed by atoms with van der Waals surface area (Å²) in [6.45, 7) is 10.2. The van der Waals surface area contributed by atoms with Gasteiger partial charge in [-0.05, 0) is 70.2 Å². The monoisotopic (exact) mass is 379 g/mol. The lowest BCUT2D eigenvalue weighted by Crippen LogP contribution is -2.07. The average molecular weight is 380 g/mol. The van der Waals surface area contributed by atoms with Crippen molar-refractivity contribution in [1.29, 1.82) is 0 Å². The Bertz CT molecular complexity index is 562. The molecule has 0 N–H and O–H groups in total. The zero-order valence-corrected chi connectivity index (χ0v) is 17.7. The number of oxime groups is 1. The SMILES string of the molecule is C/C=C/CSc1cc(C)c(OCCCCCOC/C(C)=N/OC)c(C)c1. The number of hydrogen-bond acceptors (Lipinski definition) is 5. The van der Waals surface area contributed by atoms with Gasteiger partial charge in [-0.15, -0.1) is 11.8 Å². The fraction of sp³-hybridized carbons (Fsp3) is 0.571. The van der Waals surface area contributed by atoms with Crippen LogP contribution in [0.2, 0.25) is 0 Å². The van der Waals surface area contributed by atoms with Crippen molar-refractivity contribution in [3.05, 3.63) is 35.4 Å². The van der Waals surface area contributed by atoms with E-state index in [0.717, 1.165) is 49.7 Å². The fourth-order valence-electron chi connectivity index (χ4n) is 2.52. The third kappa shape index (κ3) is 9.30. The molecule has 0 aliphatic carbocycles. The van der Waals surface area contributed by atoms with E-state index in [1.54, 1.807) is 7.11 Å². The first-order chi connectivity index (χ1) is 12.6. The summed E-state index contributed by atoms with van der Waals surface area (Å²) in [6, 6.07) is 4.43. The molecule has 146 valence electrons. The van der Waals surface area contributed by atoms with Crippen molar-refractivity contribution < 1.29 is 14.3 Å². The Balaban J connectivity index is 2.25. The summed E-state index contributed by atoms with van der Waals surface area (Å²) in [4.78, 5) is 5.99. The molecule has 0 aromatic heterocycles. The number of hydrogen-bond donors (Lipinski definition) is 0. The molecule has 0 aliphatic rings. The summed E-state index contributed by atoms with van der Waals surface area (Å²) < 4.78 is 11.6. The molecule has 5 heteroatoms. The molecule has 0 fully saturated rings. The van der Waals surface area contributed by atoms with Crippen molar-refractivity contribution >= 4 is 17.5 Å². The zero-order chi connectivity index (χ0) is 19.2. The van der Waals surface area contributed by atoms with E-state index in [1.165, 1.54) is 16.0 Å². The van der Waals surface area contributed by atoms with Crippen LogP contribution in [0.5, 0.6) is 5.75 Å². The van der Waals surface area contributed by atoms with Gasteiger partial charge >= 0.3 is 0 Å². The lowest BCUT2D eigenvalue weighted by Gasteiger charge is -2.14. The van der Waals surface area contributed by atoms with Crippen LogP contribution in [0.1, 0.15) is 44.2 Å². The predicted octanol–water partition coefficient (Wildman–Crippen LogP) is 5.56. The van der Waals surface area contributed by atoms with Crippen molar-refractivity contribution in [3.8, 4) is 5.75 Å². The van der Waals surface area contributed by atoms with Gasteiger partial charge in [-0.25, -0.2) is 0 Å². The summed E-state index contributed by atoms with van der Waals surface area (Å²) in [5, 5.41) is 3.82. The summed E-state index contributed by atoms with van der Waals surface area (Å²) in [5.41, 5.74) is 3.28. The van der Waals surface area contributed by atoms with Crippen LogP contribution in [0.25, 0.3) is 0 Å². The number of rotatable bonds is 13. The highest BCUT2D eigenvalue weighted by Gasteiger charge is 2.06. The van der Waals surface area contributed by atoms with Crippen LogP contribution < -0.4 is 4.74 Å². The topological polar surface area (TPSA) is 40.0 Å². The second kappa shape index (κ2) is 13.7. The number of unbranched alkanes of at least 4 members (excludes halogenated alkanes) is 2. The van der Waals surface area contributed by atoms with Gasteiger partial charge in [-0.1, -0.05) is 17.3 Å². The van der Waals surface area contributed by atoms with Crippen LogP contribution in [-0.4, -0.2) is 38.4 Å². The highest BCUT2D eigenvalue weighted by Crippen LogP contribution is 2.30. The molecule has 1 aromatic carbocycles. The molecule has 0 radical (unpaired) electrons. The molecule has 0 atom stereocenters. The third-order valence-electron chi connectivity index (χ3n) is 3.75. The van der Waals surface area contributed by atoms with Crippen LogP contribution in [-0.2, 0) is 9.57 Å². The number of nitrogens with zero attached hydrogens (tertiary/aromatic N) is 1. The van der Waals surface area contributed by atoms with Crippen molar-refractivity contribution in [2.24, 2.45) is 5.16 Å². The van der Waals surface area contributed by atoms with Crippen LogP contribution in [0.4, 0.5) is 0 Å². The van der Waals surface area contributed by atoms with Crippen LogP contribution in [0.15, 0.2) is 34.3 Å². The van der Waals surface area contributed by atoms with E-state index >= 15 is 0 Å². The van der Waals surface area contributed by atoms with Gasteiger partial charge in [0, 0.05) is 17.3 Å². The first kappa shape index (κ1) is 22.6. The molecule has 4 nitrogen and oxygen atoms in total. The smallest absolute Gasteiger partial charge is 0.125 e. The Morgan fingerprint density at radius 1 is 1.12 bits per heavy atom. The quantitative estimate of drug-likeness (QED) is 0.148. The number of benzene rings is 1. The minimum atomic E-state index is 0.529. The fourth-order valence-corrected chi connectivity index (χ4v) is 3.52. The lowest BCUT2D eigenvalue weighted by atomic mass is 10.1. The van der Waals surface area contributed by atoms with Gasteiger partial charge in [0.2, 0.25) is 0 Å². The summed E-state index contributed by atoms with van der Waals surface area (Å²) in [6.07, 6.45) is 7.42. The molecule has 0 saturated carbocycles. The Kier molecular flexibility index (Phi) is 11.9. The summed E-state index contributed by atoms with van der Waals surface area (Å²) >= 11 is 1.85. The molecule has 0 heterocycles. The molecule has 0 spiro atoms. The van der Waals surface area contributed by atoms with E-state index in [2.05, 4.69) is 50.2 Å². The van der Waals surface area contributed by atoms with Crippen molar-refractivity contribution in [2.45, 2.75) is 51.9 Å². The van der Waals surface area contributed by atoms with Gasteiger partial charge < -0.3 is 14.3 Å². The van der Waals surface area contributed by atoms with E-state index in [0.29, 0.717) is 6.61 Å². The minimum absolute atomic E-state index is 0.529. The molecule has 1 rings (SSSR count). The van der Waals surface area contributed by atoms with Crippen molar-refractivity contribution in [2.75, 3.05) is 32.7 Å². The van der Waals surface area contributed by atoms with Crippen LogP contribution >= 0.6 is 11.8 Å². The molecular weight excluding hydrogens is 346 g/mol. The molecular formula is C21H33NO3S. The van der Waals surface area contributed by atoms with Gasteiger partial charge in [0.25, 0.3) is 0 Å². The van der Waals surface area contributed by atoms with E-state index < -0.39 is 0 Å². The Morgan fingerprint density at radius 2 is 1.81 bits per heavy atom. The second-order valence-electron chi connectivity index (χ2n) is 6.24. The molecule has 0 bridgehead atoms. The highest BCUT2D eigenvalue weighted by atomic mass is 32.2. The first-order valence-electron chi connectivity index (χ1n) is 9.20. The largest absolute Gasteiger partial charge is 0.493 e. The van der Waals surface area contributed by atoms with E-state index in [4.69, 9.17) is 14.3 Å². The molecule has 0 amide bonds. The van der Waals surface area contributed by atoms with Gasteiger partial charge in [0.15, 0.2) is 0 Å². The maximum atomic E-state index is 6.03. The van der Waals surface area contributed by atoms with E-state index in [1.807, 2.05) is 18.7 Å². The molecule has 26 heavy (non-hydrogen) atoms. The Labute approximate surface area is 163 Å². The van der Waals surface area contributed by atoms with Gasteiger partial charge in [-0.3, -0.25) is 0 Å². The van der Waals surface area contributed by atoms with E-state index in [9.17, 15) is 0 Å². The number of aryl methyl sites for hydroxylation is 2. The first-order valence-corrected chi connectivity index (χ1v) is 10.2. The van der Waals surface area contributed by atoms with Gasteiger partial charge in [0.05, 0.1) is 18.9 Å². The lowest BCUT2D eigenvalue weighted by molar-refractivity contribution is 0.156. The molecule has 1 aromatic rings. The Hall–Kier alpha value is -1.46. The second-order valence-corrected chi connectivity index (χ2v) is 7.33. The average Bonchev–Trinajstić information content (AvgIpc) is 2.59. The Morgan fingerprint density at radius 3 is 2.46 bits per heavy atom. The van der Waals surface area contributed by atoms with Gasteiger partial charge in [-0.2, -0.15) is 0 Å². The maximum absolute atomic E-state index is 6.03. The highest BCUT2D eigenvalue weighted by molar-refractivity contribution is 7.99. The number of allylic oxidation sites excluding steroid dienone is 1. The van der Waals surface area contributed by atoms with E-state index in [-0.39, 0.29) is 0 Å². The maximum Gasteiger partial charge on any atom is 0.125 e. The van der Waals surface area contributed by atoms with Crippen molar-refractivity contribution in [1.82, 2.24) is 0 Å². The number of thioether (sulfide) groups is 1.